The minimum Gasteiger partial charge on any atom is -0.354 e. The van der Waals surface area contributed by atoms with Crippen LogP contribution >= 0.6 is 0 Å². The summed E-state index contributed by atoms with van der Waals surface area (Å²) in [6.07, 6.45) is -2.51. The normalized spacial score (nSPS) is 12.4. The molecule has 1 aliphatic rings. The SMILES string of the molecule is N#Cc1ccc(F)cc1Nc1ccc2ncc3c(c2c1)-c1cnc(C(F)(F)F)nc1C3=O. The lowest BCUT2D eigenvalue weighted by atomic mass is 10.0. The number of hydrogen-bond acceptors (Lipinski definition) is 6. The summed E-state index contributed by atoms with van der Waals surface area (Å²) in [6.45, 7) is 0. The number of carbonyl (C=O) groups excluding carboxylic acids is 1. The van der Waals surface area contributed by atoms with E-state index in [2.05, 4.69) is 20.3 Å². The first-order chi connectivity index (χ1) is 15.3. The second-order valence-corrected chi connectivity index (χ2v) is 6.99. The Hall–Kier alpha value is -4.39. The largest absolute Gasteiger partial charge is 0.451 e. The third kappa shape index (κ3) is 3.02. The van der Waals surface area contributed by atoms with Crippen LogP contribution in [0.5, 0.6) is 0 Å². The smallest absolute Gasteiger partial charge is 0.354 e. The highest BCUT2D eigenvalue weighted by Gasteiger charge is 2.38. The Labute approximate surface area is 177 Å². The lowest BCUT2D eigenvalue weighted by Crippen LogP contribution is -2.13. The first-order valence-corrected chi connectivity index (χ1v) is 9.15. The van der Waals surface area contributed by atoms with E-state index >= 15 is 0 Å². The molecule has 1 N–H and O–H groups in total. The first-order valence-electron chi connectivity index (χ1n) is 9.15. The maximum Gasteiger partial charge on any atom is 0.451 e. The van der Waals surface area contributed by atoms with Crippen LogP contribution in [0, 0.1) is 17.1 Å². The zero-order valence-electron chi connectivity index (χ0n) is 15.8. The molecule has 0 bridgehead atoms. The number of benzene rings is 2. The van der Waals surface area contributed by atoms with Gasteiger partial charge in [0.25, 0.3) is 0 Å². The molecule has 2 aromatic carbocycles. The summed E-state index contributed by atoms with van der Waals surface area (Å²) in [6, 6.07) is 10.5. The van der Waals surface area contributed by atoms with E-state index in [0.29, 0.717) is 22.2 Å². The number of carbonyl (C=O) groups is 1. The van der Waals surface area contributed by atoms with Gasteiger partial charge in [0.1, 0.15) is 17.6 Å². The van der Waals surface area contributed by atoms with E-state index in [-0.39, 0.29) is 28.1 Å². The van der Waals surface area contributed by atoms with E-state index in [1.807, 2.05) is 6.07 Å². The number of nitriles is 1. The van der Waals surface area contributed by atoms with Gasteiger partial charge >= 0.3 is 6.18 Å². The summed E-state index contributed by atoms with van der Waals surface area (Å²) in [5.41, 5.74) is 1.71. The third-order valence-corrected chi connectivity index (χ3v) is 5.02. The van der Waals surface area contributed by atoms with Gasteiger partial charge in [-0.05, 0) is 36.4 Å². The standard InChI is InChI=1S/C22H9F4N5O/c23-11-2-1-10(7-27)17(5-11)30-12-3-4-16-13(6-12)18-14-8-29-21(22(24,25)26)31-19(14)20(32)15(18)9-28-16/h1-6,8-9,30H. The number of hydrogen-bond donors (Lipinski definition) is 1. The first kappa shape index (κ1) is 19.6. The van der Waals surface area contributed by atoms with Gasteiger partial charge in [-0.15, -0.1) is 0 Å². The summed E-state index contributed by atoms with van der Waals surface area (Å²) in [5.74, 6) is -2.60. The summed E-state index contributed by atoms with van der Waals surface area (Å²) < 4.78 is 52.7. The van der Waals surface area contributed by atoms with Gasteiger partial charge in [-0.1, -0.05) is 0 Å². The zero-order chi connectivity index (χ0) is 22.6. The van der Waals surface area contributed by atoms with Crippen molar-refractivity contribution in [3.8, 4) is 17.2 Å². The molecule has 0 unspecified atom stereocenters. The van der Waals surface area contributed by atoms with Gasteiger partial charge in [-0.25, -0.2) is 14.4 Å². The second kappa shape index (κ2) is 6.81. The van der Waals surface area contributed by atoms with Gasteiger partial charge in [-0.3, -0.25) is 9.78 Å². The van der Waals surface area contributed by atoms with Gasteiger partial charge in [0.2, 0.25) is 11.6 Å². The molecule has 2 heterocycles. The number of ketones is 1. The minimum absolute atomic E-state index is 0.113. The molecule has 0 amide bonds. The number of fused-ring (bicyclic) bond motifs is 5. The molecule has 0 saturated heterocycles. The Morgan fingerprint density at radius 1 is 1.00 bits per heavy atom. The van der Waals surface area contributed by atoms with Crippen molar-refractivity contribution in [2.75, 3.05) is 5.32 Å². The summed E-state index contributed by atoms with van der Waals surface area (Å²) in [7, 11) is 0. The minimum atomic E-state index is -4.79. The molecule has 0 fully saturated rings. The van der Waals surface area contributed by atoms with Crippen LogP contribution in [0.25, 0.3) is 22.0 Å². The maximum absolute atomic E-state index is 13.7. The number of halogens is 4. The molecule has 32 heavy (non-hydrogen) atoms. The molecule has 0 radical (unpaired) electrons. The van der Waals surface area contributed by atoms with Gasteiger partial charge < -0.3 is 5.32 Å². The molecular formula is C22H9F4N5O. The number of rotatable bonds is 2. The van der Waals surface area contributed by atoms with Gasteiger partial charge in [-0.2, -0.15) is 18.4 Å². The molecule has 0 aliphatic heterocycles. The lowest BCUT2D eigenvalue weighted by Gasteiger charge is -2.11. The number of pyridine rings is 1. The van der Waals surface area contributed by atoms with Crippen molar-refractivity contribution in [2.45, 2.75) is 6.18 Å². The van der Waals surface area contributed by atoms with E-state index in [1.165, 1.54) is 24.4 Å². The van der Waals surface area contributed by atoms with E-state index in [4.69, 9.17) is 0 Å². The molecule has 4 aromatic rings. The molecule has 1 aliphatic carbocycles. The molecule has 0 atom stereocenters. The van der Waals surface area contributed by atoms with Crippen molar-refractivity contribution in [2.24, 2.45) is 0 Å². The van der Waals surface area contributed by atoms with Crippen LogP contribution in [0.2, 0.25) is 0 Å². The predicted octanol–water partition coefficient (Wildman–Crippen LogP) is 5.01. The predicted molar refractivity (Wildman–Crippen MR) is 106 cm³/mol. The Kier molecular flexibility index (Phi) is 4.17. The fraction of sp³-hybridized carbons (Fsp3) is 0.0455. The Morgan fingerprint density at radius 3 is 2.53 bits per heavy atom. The van der Waals surface area contributed by atoms with Crippen molar-refractivity contribution in [3.63, 3.8) is 0 Å². The van der Waals surface area contributed by atoms with Crippen molar-refractivity contribution in [1.29, 1.82) is 5.26 Å². The molecule has 5 rings (SSSR count). The quantitative estimate of drug-likeness (QED) is 0.392. The highest BCUT2D eigenvalue weighted by atomic mass is 19.4. The van der Waals surface area contributed by atoms with E-state index in [9.17, 15) is 27.6 Å². The fourth-order valence-corrected chi connectivity index (χ4v) is 3.61. The third-order valence-electron chi connectivity index (χ3n) is 5.02. The van der Waals surface area contributed by atoms with E-state index in [1.54, 1.807) is 18.2 Å². The van der Waals surface area contributed by atoms with Gasteiger partial charge in [0.15, 0.2) is 0 Å². The van der Waals surface area contributed by atoms with Crippen LogP contribution in [0.1, 0.15) is 27.4 Å². The lowest BCUT2D eigenvalue weighted by molar-refractivity contribution is -0.145. The molecular weight excluding hydrogens is 426 g/mol. The van der Waals surface area contributed by atoms with Gasteiger partial charge in [0, 0.05) is 34.6 Å². The average Bonchev–Trinajstić information content (AvgIpc) is 3.05. The Bertz CT molecular complexity index is 1490. The number of aromatic nitrogens is 3. The van der Waals surface area contributed by atoms with Crippen molar-refractivity contribution >= 4 is 28.1 Å². The number of nitrogens with one attached hydrogen (secondary N) is 1. The molecule has 6 nitrogen and oxygen atoms in total. The molecule has 0 saturated carbocycles. The topological polar surface area (TPSA) is 91.6 Å². The summed E-state index contributed by atoms with van der Waals surface area (Å²) in [4.78, 5) is 23.8. The highest BCUT2D eigenvalue weighted by Crippen LogP contribution is 2.41. The monoisotopic (exact) mass is 435 g/mol. The second-order valence-electron chi connectivity index (χ2n) is 6.99. The number of nitrogens with zero attached hydrogens (tertiary/aromatic N) is 4. The number of alkyl halides is 3. The fourth-order valence-electron chi connectivity index (χ4n) is 3.61. The number of anilines is 2. The van der Waals surface area contributed by atoms with Gasteiger partial charge in [0.05, 0.1) is 22.3 Å². The Morgan fingerprint density at radius 2 is 1.78 bits per heavy atom. The van der Waals surface area contributed by atoms with Crippen molar-refractivity contribution in [3.05, 3.63) is 77.3 Å². The maximum atomic E-state index is 13.7. The average molecular weight is 435 g/mol. The van der Waals surface area contributed by atoms with E-state index < -0.39 is 23.6 Å². The zero-order valence-corrected chi connectivity index (χ0v) is 15.8. The van der Waals surface area contributed by atoms with Crippen LogP contribution in [0.3, 0.4) is 0 Å². The highest BCUT2D eigenvalue weighted by molar-refractivity contribution is 6.24. The van der Waals surface area contributed by atoms with Crippen LogP contribution in [0.4, 0.5) is 28.9 Å². The molecule has 156 valence electrons. The van der Waals surface area contributed by atoms with Crippen molar-refractivity contribution in [1.82, 2.24) is 15.0 Å². The van der Waals surface area contributed by atoms with Crippen molar-refractivity contribution < 1.29 is 22.4 Å². The van der Waals surface area contributed by atoms with Crippen LogP contribution < -0.4 is 5.32 Å². The van der Waals surface area contributed by atoms with Crippen LogP contribution in [-0.2, 0) is 6.18 Å². The Balaban J connectivity index is 1.66. The summed E-state index contributed by atoms with van der Waals surface area (Å²) >= 11 is 0. The molecule has 10 heteroatoms. The molecule has 0 spiro atoms. The molecule has 2 aromatic heterocycles. The van der Waals surface area contributed by atoms with Crippen LogP contribution in [0.15, 0.2) is 48.8 Å². The van der Waals surface area contributed by atoms with Crippen LogP contribution in [-0.4, -0.2) is 20.7 Å². The van der Waals surface area contributed by atoms with E-state index in [0.717, 1.165) is 6.20 Å². The summed E-state index contributed by atoms with van der Waals surface area (Å²) in [5, 5.41) is 12.7.